The lowest BCUT2D eigenvalue weighted by atomic mass is 9.71. The molecule has 0 atom stereocenters. The Hall–Kier alpha value is -1.56. The third-order valence-corrected chi connectivity index (χ3v) is 5.03. The molecule has 0 amide bonds. The van der Waals surface area contributed by atoms with Crippen LogP contribution in [0, 0.1) is 13.8 Å². The van der Waals surface area contributed by atoms with Gasteiger partial charge in [-0.25, -0.2) is 0 Å². The maximum Gasteiger partial charge on any atom is 0.0215 e. The van der Waals surface area contributed by atoms with Gasteiger partial charge in [-0.2, -0.15) is 0 Å². The molecule has 0 aliphatic heterocycles. The molecule has 0 aromatic heterocycles. The van der Waals surface area contributed by atoms with E-state index in [1.165, 1.54) is 47.9 Å². The molecule has 2 aromatic carbocycles. The van der Waals surface area contributed by atoms with E-state index in [1.54, 1.807) is 11.1 Å². The van der Waals surface area contributed by atoms with E-state index in [2.05, 4.69) is 64.1 Å². The molecule has 0 heteroatoms. The molecule has 0 fully saturated rings. The van der Waals surface area contributed by atoms with Gasteiger partial charge in [-0.1, -0.05) is 95.5 Å². The van der Waals surface area contributed by atoms with Crippen molar-refractivity contribution in [3.05, 3.63) is 58.7 Å². The highest BCUT2D eigenvalue weighted by atomic mass is 14.4. The van der Waals surface area contributed by atoms with Gasteiger partial charge < -0.3 is 0 Å². The second-order valence-electron chi connectivity index (χ2n) is 6.68. The first-order valence-electron chi connectivity index (χ1n) is 9.35. The lowest BCUT2D eigenvalue weighted by Crippen LogP contribution is -2.25. The van der Waals surface area contributed by atoms with E-state index in [0.29, 0.717) is 0 Å². The van der Waals surface area contributed by atoms with Crippen LogP contribution in [0.4, 0.5) is 0 Å². The van der Waals surface area contributed by atoms with Crippen LogP contribution in [-0.2, 0) is 5.41 Å². The molecule has 0 bridgehead atoms. The molecule has 3 rings (SSSR count). The number of aryl methyl sites for hydroxylation is 2. The van der Waals surface area contributed by atoms with Crippen LogP contribution in [0.3, 0.4) is 0 Å². The summed E-state index contributed by atoms with van der Waals surface area (Å²) in [7, 11) is 0. The van der Waals surface area contributed by atoms with Crippen molar-refractivity contribution >= 4 is 0 Å². The molecule has 132 valence electrons. The zero-order valence-corrected chi connectivity index (χ0v) is 15.8. The third-order valence-electron chi connectivity index (χ3n) is 5.03. The highest BCUT2D eigenvalue weighted by molar-refractivity contribution is 5.81. The zero-order chi connectivity index (χ0) is 17.0. The van der Waals surface area contributed by atoms with Gasteiger partial charge in [0.2, 0.25) is 0 Å². The van der Waals surface area contributed by atoms with Crippen LogP contribution in [0.5, 0.6) is 0 Å². The smallest absolute Gasteiger partial charge is 0.0215 e. The maximum absolute atomic E-state index is 2.44. The Labute approximate surface area is 150 Å². The van der Waals surface area contributed by atoms with E-state index in [9.17, 15) is 0 Å². The second-order valence-corrected chi connectivity index (χ2v) is 6.68. The molecule has 0 spiro atoms. The lowest BCUT2D eigenvalue weighted by Gasteiger charge is -2.32. The fourth-order valence-corrected chi connectivity index (χ4v) is 4.24. The minimum Gasteiger partial charge on any atom is -0.0776 e. The first-order valence-corrected chi connectivity index (χ1v) is 9.35. The molecule has 0 nitrogen and oxygen atoms in total. The largest absolute Gasteiger partial charge is 0.0776 e. The predicted octanol–water partition coefficient (Wildman–Crippen LogP) is 7.83. The van der Waals surface area contributed by atoms with Crippen molar-refractivity contribution in [3.63, 3.8) is 0 Å². The Morgan fingerprint density at radius 2 is 1.08 bits per heavy atom. The van der Waals surface area contributed by atoms with Gasteiger partial charge in [0.15, 0.2) is 0 Å². The quantitative estimate of drug-likeness (QED) is 0.537. The molecule has 0 saturated heterocycles. The van der Waals surface area contributed by atoms with E-state index in [0.717, 1.165) is 0 Å². The molecule has 0 unspecified atom stereocenters. The summed E-state index contributed by atoms with van der Waals surface area (Å²) in [6.07, 6.45) is 4.99. The van der Waals surface area contributed by atoms with Gasteiger partial charge in [-0.3, -0.25) is 0 Å². The number of hydrogen-bond acceptors (Lipinski definition) is 0. The Bertz CT molecular complexity index is 604. The summed E-state index contributed by atoms with van der Waals surface area (Å²) in [6.45, 7) is 13.1. The lowest BCUT2D eigenvalue weighted by molar-refractivity contribution is 0.435. The number of hydrogen-bond donors (Lipinski definition) is 0. The van der Waals surface area contributed by atoms with Crippen LogP contribution in [0.1, 0.15) is 83.1 Å². The Morgan fingerprint density at radius 1 is 0.708 bits per heavy atom. The van der Waals surface area contributed by atoms with E-state index in [1.807, 2.05) is 13.8 Å². The summed E-state index contributed by atoms with van der Waals surface area (Å²) < 4.78 is 0. The molecule has 24 heavy (non-hydrogen) atoms. The minimum absolute atomic E-state index is 0. The van der Waals surface area contributed by atoms with Crippen LogP contribution >= 0.6 is 0 Å². The van der Waals surface area contributed by atoms with Crippen LogP contribution in [0.2, 0.25) is 0 Å². The molecule has 1 aliphatic rings. The Morgan fingerprint density at radius 3 is 1.42 bits per heavy atom. The molecule has 0 radical (unpaired) electrons. The highest BCUT2D eigenvalue weighted by Crippen LogP contribution is 2.54. The first kappa shape index (κ1) is 20.5. The van der Waals surface area contributed by atoms with Crippen molar-refractivity contribution in [1.29, 1.82) is 0 Å². The molecule has 1 aliphatic carbocycles. The predicted molar refractivity (Wildman–Crippen MR) is 110 cm³/mol. The van der Waals surface area contributed by atoms with Gasteiger partial charge in [-0.15, -0.1) is 0 Å². The summed E-state index contributed by atoms with van der Waals surface area (Å²) in [5.41, 5.74) is 9.10. The highest BCUT2D eigenvalue weighted by Gasteiger charge is 2.41. The third kappa shape index (κ3) is 3.29. The van der Waals surface area contributed by atoms with Gasteiger partial charge >= 0.3 is 0 Å². The summed E-state index contributed by atoms with van der Waals surface area (Å²) in [4.78, 5) is 0. The molecule has 0 heterocycles. The Balaban J connectivity index is 0.000000925. The average Bonchev–Trinajstić information content (AvgIpc) is 2.80. The van der Waals surface area contributed by atoms with Crippen LogP contribution in [0.15, 0.2) is 36.4 Å². The molecular weight excluding hydrogens is 288 g/mol. The molecule has 0 N–H and O–H groups in total. The molecule has 2 aromatic rings. The summed E-state index contributed by atoms with van der Waals surface area (Å²) in [6, 6.07) is 14.1. The van der Waals surface area contributed by atoms with E-state index >= 15 is 0 Å². The fourth-order valence-electron chi connectivity index (χ4n) is 4.24. The van der Waals surface area contributed by atoms with E-state index in [4.69, 9.17) is 0 Å². The van der Waals surface area contributed by atoms with Crippen LogP contribution in [0.25, 0.3) is 11.1 Å². The van der Waals surface area contributed by atoms with Crippen molar-refractivity contribution < 1.29 is 0 Å². The van der Waals surface area contributed by atoms with Crippen LogP contribution < -0.4 is 0 Å². The SMILES string of the molecule is C.CC.CCCC1(CCC)c2cc(C)ccc2-c2ccc(C)cc21. The van der Waals surface area contributed by atoms with Gasteiger partial charge in [0.05, 0.1) is 0 Å². The molecule has 0 saturated carbocycles. The van der Waals surface area contributed by atoms with Crippen molar-refractivity contribution in [2.75, 3.05) is 0 Å². The van der Waals surface area contributed by atoms with E-state index in [-0.39, 0.29) is 12.8 Å². The normalized spacial score (nSPS) is 13.2. The van der Waals surface area contributed by atoms with E-state index < -0.39 is 0 Å². The standard InChI is InChI=1S/C21H26.C2H6.CH4/c1-5-11-21(12-6-2)19-13-15(3)7-9-17(19)18-10-8-16(4)14-20(18)21;1-2;/h7-10,13-14H,5-6,11-12H2,1-4H3;1-2H3;1H4. The Kier molecular flexibility index (Phi) is 7.27. The zero-order valence-electron chi connectivity index (χ0n) is 15.8. The number of benzene rings is 2. The van der Waals surface area contributed by atoms with Crippen molar-refractivity contribution in [3.8, 4) is 11.1 Å². The number of fused-ring (bicyclic) bond motifs is 3. The van der Waals surface area contributed by atoms with Gasteiger partial charge in [-0.05, 0) is 48.9 Å². The minimum atomic E-state index is 0. The number of rotatable bonds is 4. The van der Waals surface area contributed by atoms with Crippen molar-refractivity contribution in [2.45, 2.75) is 80.1 Å². The van der Waals surface area contributed by atoms with Gasteiger partial charge in [0, 0.05) is 5.41 Å². The second kappa shape index (κ2) is 8.51. The van der Waals surface area contributed by atoms with Gasteiger partial charge in [0.1, 0.15) is 0 Å². The first-order chi connectivity index (χ1) is 11.1. The summed E-state index contributed by atoms with van der Waals surface area (Å²) in [5, 5.41) is 0. The summed E-state index contributed by atoms with van der Waals surface area (Å²) in [5.74, 6) is 0. The fraction of sp³-hybridized carbons (Fsp3) is 0.500. The maximum atomic E-state index is 2.44. The average molecular weight is 325 g/mol. The molecular formula is C24H36. The monoisotopic (exact) mass is 324 g/mol. The van der Waals surface area contributed by atoms with Crippen molar-refractivity contribution in [1.82, 2.24) is 0 Å². The topological polar surface area (TPSA) is 0 Å². The van der Waals surface area contributed by atoms with Gasteiger partial charge in [0.25, 0.3) is 0 Å². The summed E-state index contributed by atoms with van der Waals surface area (Å²) >= 11 is 0. The van der Waals surface area contributed by atoms with Crippen molar-refractivity contribution in [2.24, 2.45) is 0 Å². The van der Waals surface area contributed by atoms with Crippen LogP contribution in [-0.4, -0.2) is 0 Å².